The van der Waals surface area contributed by atoms with Gasteiger partial charge in [0.1, 0.15) is 11.1 Å². The summed E-state index contributed by atoms with van der Waals surface area (Å²) in [6, 6.07) is 4.06. The Bertz CT molecular complexity index is 924. The third kappa shape index (κ3) is 2.88. The Morgan fingerprint density at radius 2 is 2.08 bits per heavy atom. The molecular weight excluding hydrogens is 334 g/mol. The highest BCUT2D eigenvalue weighted by atomic mass is 16.5. The predicted octanol–water partition coefficient (Wildman–Crippen LogP) is 2.80. The van der Waals surface area contributed by atoms with Crippen molar-refractivity contribution in [1.82, 2.24) is 15.5 Å². The number of fused-ring (bicyclic) bond motifs is 1. The van der Waals surface area contributed by atoms with Gasteiger partial charge in [0.15, 0.2) is 5.82 Å². The summed E-state index contributed by atoms with van der Waals surface area (Å²) in [5, 5.41) is 8.05. The minimum absolute atomic E-state index is 0.0994. The number of benzene rings is 1. The molecule has 1 N–H and O–H groups in total. The van der Waals surface area contributed by atoms with Crippen LogP contribution in [0, 0.1) is 13.8 Å². The van der Waals surface area contributed by atoms with Gasteiger partial charge in [0.2, 0.25) is 12.3 Å². The van der Waals surface area contributed by atoms with Crippen LogP contribution in [0.2, 0.25) is 0 Å². The Hall–Kier alpha value is -2.67. The molecule has 1 aliphatic heterocycles. The van der Waals surface area contributed by atoms with Crippen LogP contribution in [0.15, 0.2) is 33.7 Å². The molecule has 1 fully saturated rings. The highest BCUT2D eigenvalue weighted by Crippen LogP contribution is 2.31. The van der Waals surface area contributed by atoms with Crippen molar-refractivity contribution in [2.45, 2.75) is 38.6 Å². The molecule has 1 aliphatic rings. The third-order valence-electron chi connectivity index (χ3n) is 5.21. The fourth-order valence-corrected chi connectivity index (χ4v) is 3.52. The van der Waals surface area contributed by atoms with Crippen molar-refractivity contribution in [3.8, 4) is 0 Å². The fourth-order valence-electron chi connectivity index (χ4n) is 3.52. The number of ether oxygens (including phenoxy) is 1. The Morgan fingerprint density at radius 1 is 1.27 bits per heavy atom. The largest absolute Gasteiger partial charge is 0.464 e. The van der Waals surface area contributed by atoms with Gasteiger partial charge >= 0.3 is 0 Å². The Labute approximate surface area is 150 Å². The molecule has 1 saturated heterocycles. The molecule has 0 radical (unpaired) electrons. The van der Waals surface area contributed by atoms with Crippen LogP contribution < -0.4 is 5.32 Å². The van der Waals surface area contributed by atoms with Crippen LogP contribution in [-0.4, -0.2) is 29.3 Å². The van der Waals surface area contributed by atoms with Crippen molar-refractivity contribution in [2.24, 2.45) is 0 Å². The molecule has 7 nitrogen and oxygen atoms in total. The predicted molar refractivity (Wildman–Crippen MR) is 93.6 cm³/mol. The molecule has 4 rings (SSSR count). The van der Waals surface area contributed by atoms with Gasteiger partial charge in [-0.1, -0.05) is 17.3 Å². The number of nitrogens with one attached hydrogen (secondary N) is 1. The average molecular weight is 355 g/mol. The van der Waals surface area contributed by atoms with Crippen molar-refractivity contribution in [3.63, 3.8) is 0 Å². The highest BCUT2D eigenvalue weighted by molar-refractivity contribution is 5.89. The van der Waals surface area contributed by atoms with Crippen LogP contribution >= 0.6 is 0 Å². The average Bonchev–Trinajstić information content (AvgIpc) is 3.30. The van der Waals surface area contributed by atoms with E-state index in [4.69, 9.17) is 13.7 Å². The van der Waals surface area contributed by atoms with E-state index >= 15 is 0 Å². The van der Waals surface area contributed by atoms with Crippen LogP contribution in [0.3, 0.4) is 0 Å². The molecule has 0 aliphatic carbocycles. The van der Waals surface area contributed by atoms with Crippen molar-refractivity contribution in [1.29, 1.82) is 0 Å². The van der Waals surface area contributed by atoms with E-state index in [9.17, 15) is 4.79 Å². The topological polar surface area (TPSA) is 90.4 Å². The second-order valence-corrected chi connectivity index (χ2v) is 6.82. The second kappa shape index (κ2) is 6.57. The standard InChI is InChI=1S/C19H21N3O4/c1-12-3-4-15-14(10-25-17(15)13(12)2)9-16(23)21-19(5-7-24-8-6-19)18-20-11-26-22-18/h3-4,10-11H,5-9H2,1-2H3,(H,21,23). The molecular formula is C19H21N3O4. The zero-order chi connectivity index (χ0) is 18.1. The highest BCUT2D eigenvalue weighted by Gasteiger charge is 2.39. The van der Waals surface area contributed by atoms with E-state index in [0.29, 0.717) is 31.9 Å². The molecule has 3 aromatic rings. The van der Waals surface area contributed by atoms with E-state index < -0.39 is 5.54 Å². The lowest BCUT2D eigenvalue weighted by Crippen LogP contribution is -2.50. The molecule has 7 heteroatoms. The number of aryl methyl sites for hydroxylation is 2. The maximum Gasteiger partial charge on any atom is 0.225 e. The molecule has 0 atom stereocenters. The number of hydrogen-bond acceptors (Lipinski definition) is 6. The summed E-state index contributed by atoms with van der Waals surface area (Å²) < 4.78 is 16.0. The normalized spacial score (nSPS) is 16.7. The van der Waals surface area contributed by atoms with Gasteiger partial charge in [-0.05, 0) is 25.0 Å². The SMILES string of the molecule is Cc1ccc2c(CC(=O)NC3(c4ncon4)CCOCC3)coc2c1C. The van der Waals surface area contributed by atoms with Gasteiger partial charge in [-0.15, -0.1) is 0 Å². The minimum atomic E-state index is -0.644. The summed E-state index contributed by atoms with van der Waals surface area (Å²) in [5.74, 6) is 0.398. The van der Waals surface area contributed by atoms with Gasteiger partial charge in [-0.25, -0.2) is 0 Å². The van der Waals surface area contributed by atoms with Gasteiger partial charge in [0.05, 0.1) is 12.7 Å². The van der Waals surface area contributed by atoms with Crippen molar-refractivity contribution >= 4 is 16.9 Å². The summed E-state index contributed by atoms with van der Waals surface area (Å²) in [6.45, 7) is 5.16. The smallest absolute Gasteiger partial charge is 0.225 e. The molecule has 0 spiro atoms. The van der Waals surface area contributed by atoms with Gasteiger partial charge in [-0.2, -0.15) is 4.98 Å². The van der Waals surface area contributed by atoms with Crippen molar-refractivity contribution in [2.75, 3.05) is 13.2 Å². The minimum Gasteiger partial charge on any atom is -0.464 e. The van der Waals surface area contributed by atoms with Crippen LogP contribution in [0.1, 0.15) is 35.4 Å². The number of furan rings is 1. The lowest BCUT2D eigenvalue weighted by Gasteiger charge is -2.35. The van der Waals surface area contributed by atoms with Crippen LogP contribution in [0.5, 0.6) is 0 Å². The van der Waals surface area contributed by atoms with Gasteiger partial charge in [-0.3, -0.25) is 4.79 Å². The fraction of sp³-hybridized carbons (Fsp3) is 0.421. The summed E-state index contributed by atoms with van der Waals surface area (Å²) >= 11 is 0. The van der Waals surface area contributed by atoms with Gasteiger partial charge in [0.25, 0.3) is 0 Å². The molecule has 1 amide bonds. The van der Waals surface area contributed by atoms with Gasteiger partial charge in [0, 0.05) is 37.0 Å². The molecule has 2 aromatic heterocycles. The molecule has 0 bridgehead atoms. The number of carbonyl (C=O) groups excluding carboxylic acids is 1. The number of carbonyl (C=O) groups is 1. The van der Waals surface area contributed by atoms with E-state index in [2.05, 4.69) is 15.5 Å². The Morgan fingerprint density at radius 3 is 2.81 bits per heavy atom. The number of amides is 1. The molecule has 26 heavy (non-hydrogen) atoms. The van der Waals surface area contributed by atoms with Gasteiger partial charge < -0.3 is 19.0 Å². The lowest BCUT2D eigenvalue weighted by molar-refractivity contribution is -0.124. The summed E-state index contributed by atoms with van der Waals surface area (Å²) in [7, 11) is 0. The third-order valence-corrected chi connectivity index (χ3v) is 5.21. The van der Waals surface area contributed by atoms with E-state index in [1.165, 1.54) is 12.0 Å². The van der Waals surface area contributed by atoms with E-state index in [0.717, 1.165) is 22.1 Å². The second-order valence-electron chi connectivity index (χ2n) is 6.82. The first-order valence-electron chi connectivity index (χ1n) is 8.71. The van der Waals surface area contributed by atoms with Crippen molar-refractivity contribution in [3.05, 3.63) is 47.3 Å². The molecule has 3 heterocycles. The summed E-state index contributed by atoms with van der Waals surface area (Å²) in [6.07, 6.45) is 4.41. The number of rotatable bonds is 4. The quantitative estimate of drug-likeness (QED) is 0.774. The summed E-state index contributed by atoms with van der Waals surface area (Å²) in [4.78, 5) is 17.0. The van der Waals surface area contributed by atoms with Crippen LogP contribution in [-0.2, 0) is 21.5 Å². The monoisotopic (exact) mass is 355 g/mol. The van der Waals surface area contributed by atoms with Crippen molar-refractivity contribution < 1.29 is 18.5 Å². The van der Waals surface area contributed by atoms with Crippen LogP contribution in [0.25, 0.3) is 11.0 Å². The first-order chi connectivity index (χ1) is 12.6. The molecule has 1 aromatic carbocycles. The molecule has 136 valence electrons. The lowest BCUT2D eigenvalue weighted by atomic mass is 9.88. The number of hydrogen-bond donors (Lipinski definition) is 1. The number of nitrogens with zero attached hydrogens (tertiary/aromatic N) is 2. The van der Waals surface area contributed by atoms with E-state index in [1.807, 2.05) is 26.0 Å². The first kappa shape index (κ1) is 16.8. The zero-order valence-electron chi connectivity index (χ0n) is 14.9. The summed E-state index contributed by atoms with van der Waals surface area (Å²) in [5.41, 5.74) is 3.33. The van der Waals surface area contributed by atoms with E-state index in [-0.39, 0.29) is 12.3 Å². The maximum absolute atomic E-state index is 12.8. The number of aromatic nitrogens is 2. The Balaban J connectivity index is 1.57. The zero-order valence-corrected chi connectivity index (χ0v) is 14.9. The van der Waals surface area contributed by atoms with Crippen LogP contribution in [0.4, 0.5) is 0 Å². The van der Waals surface area contributed by atoms with E-state index in [1.54, 1.807) is 6.26 Å². The first-order valence-corrected chi connectivity index (χ1v) is 8.71. The Kier molecular flexibility index (Phi) is 4.24. The maximum atomic E-state index is 12.8. The molecule has 0 unspecified atom stereocenters. The molecule has 0 saturated carbocycles.